The van der Waals surface area contributed by atoms with Crippen molar-refractivity contribution in [2.45, 2.75) is 84.5 Å². The summed E-state index contributed by atoms with van der Waals surface area (Å²) >= 11 is 0. The van der Waals surface area contributed by atoms with E-state index in [2.05, 4.69) is 19.2 Å². The number of nitrogens with two attached hydrogens (primary N) is 1. The molecule has 2 fully saturated rings. The van der Waals surface area contributed by atoms with Crippen LogP contribution < -0.4 is 11.1 Å². The number of nitrogens with one attached hydrogen (secondary N) is 1. The molecule has 0 unspecified atom stereocenters. The van der Waals surface area contributed by atoms with E-state index in [1.807, 2.05) is 0 Å². The van der Waals surface area contributed by atoms with Gasteiger partial charge in [-0.1, -0.05) is 52.4 Å². The summed E-state index contributed by atoms with van der Waals surface area (Å²) < 4.78 is 0. The third-order valence-corrected chi connectivity index (χ3v) is 6.10. The molecule has 2 saturated carbocycles. The SMILES string of the molecule is CC(C)CC1(CNCC2(CN)CCCCCC2)CCCC1. The molecular formula is C19H38N2. The van der Waals surface area contributed by atoms with E-state index in [0.29, 0.717) is 10.8 Å². The minimum atomic E-state index is 0.397. The van der Waals surface area contributed by atoms with Crippen molar-refractivity contribution >= 4 is 0 Å². The maximum atomic E-state index is 6.18. The van der Waals surface area contributed by atoms with Gasteiger partial charge in [0.05, 0.1) is 0 Å². The van der Waals surface area contributed by atoms with Gasteiger partial charge in [0.2, 0.25) is 0 Å². The van der Waals surface area contributed by atoms with Crippen LogP contribution in [0.25, 0.3) is 0 Å². The molecule has 0 atom stereocenters. The Labute approximate surface area is 132 Å². The van der Waals surface area contributed by atoms with Gasteiger partial charge in [0.25, 0.3) is 0 Å². The van der Waals surface area contributed by atoms with Gasteiger partial charge in [-0.3, -0.25) is 0 Å². The first-order valence-electron chi connectivity index (χ1n) is 9.51. The van der Waals surface area contributed by atoms with Crippen molar-refractivity contribution in [3.63, 3.8) is 0 Å². The van der Waals surface area contributed by atoms with Crippen LogP contribution in [0.4, 0.5) is 0 Å². The number of hydrogen-bond acceptors (Lipinski definition) is 2. The molecule has 0 aliphatic heterocycles. The molecule has 0 aromatic rings. The van der Waals surface area contributed by atoms with Gasteiger partial charge in [0.1, 0.15) is 0 Å². The molecule has 3 N–H and O–H groups in total. The molecule has 2 nitrogen and oxygen atoms in total. The van der Waals surface area contributed by atoms with Crippen LogP contribution in [0, 0.1) is 16.7 Å². The van der Waals surface area contributed by atoms with E-state index in [9.17, 15) is 0 Å². The average Bonchev–Trinajstić information content (AvgIpc) is 2.76. The number of hydrogen-bond donors (Lipinski definition) is 2. The molecule has 21 heavy (non-hydrogen) atoms. The summed E-state index contributed by atoms with van der Waals surface area (Å²) in [5.41, 5.74) is 7.16. The fourth-order valence-corrected chi connectivity index (χ4v) is 4.97. The van der Waals surface area contributed by atoms with E-state index in [4.69, 9.17) is 5.73 Å². The molecule has 0 aromatic carbocycles. The molecule has 2 heteroatoms. The molecule has 0 heterocycles. The molecule has 0 radical (unpaired) electrons. The van der Waals surface area contributed by atoms with Crippen LogP contribution >= 0.6 is 0 Å². The van der Waals surface area contributed by atoms with Gasteiger partial charge in [-0.25, -0.2) is 0 Å². The second kappa shape index (κ2) is 7.97. The van der Waals surface area contributed by atoms with Crippen molar-refractivity contribution in [2.75, 3.05) is 19.6 Å². The summed E-state index contributed by atoms with van der Waals surface area (Å²) in [6, 6.07) is 0. The Hall–Kier alpha value is -0.0800. The summed E-state index contributed by atoms with van der Waals surface area (Å²) in [5, 5.41) is 3.88. The van der Waals surface area contributed by atoms with Gasteiger partial charge in [-0.15, -0.1) is 0 Å². The minimum absolute atomic E-state index is 0.397. The lowest BCUT2D eigenvalue weighted by molar-refractivity contribution is 0.190. The van der Waals surface area contributed by atoms with Crippen LogP contribution in [0.5, 0.6) is 0 Å². The Balaban J connectivity index is 1.85. The van der Waals surface area contributed by atoms with Crippen molar-refractivity contribution in [3.8, 4) is 0 Å². The molecule has 2 aliphatic rings. The van der Waals surface area contributed by atoms with Crippen LogP contribution in [0.15, 0.2) is 0 Å². The third-order valence-electron chi connectivity index (χ3n) is 6.10. The molecule has 0 amide bonds. The first-order valence-corrected chi connectivity index (χ1v) is 9.51. The second-order valence-electron chi connectivity index (χ2n) is 8.53. The Morgan fingerprint density at radius 2 is 1.29 bits per heavy atom. The molecule has 0 saturated heterocycles. The zero-order valence-corrected chi connectivity index (χ0v) is 14.6. The van der Waals surface area contributed by atoms with Crippen molar-refractivity contribution in [1.82, 2.24) is 5.32 Å². The van der Waals surface area contributed by atoms with Gasteiger partial charge >= 0.3 is 0 Å². The van der Waals surface area contributed by atoms with Crippen LogP contribution in [0.3, 0.4) is 0 Å². The predicted molar refractivity (Wildman–Crippen MR) is 92.4 cm³/mol. The molecule has 0 aromatic heterocycles. The quantitative estimate of drug-likeness (QED) is 0.679. The van der Waals surface area contributed by atoms with E-state index in [1.165, 1.54) is 77.2 Å². The van der Waals surface area contributed by atoms with E-state index in [0.717, 1.165) is 19.0 Å². The highest BCUT2D eigenvalue weighted by molar-refractivity contribution is 4.90. The fourth-order valence-electron chi connectivity index (χ4n) is 4.97. The molecule has 124 valence electrons. The standard InChI is InChI=1S/C19H38N2/c1-17(2)13-18(9-7-8-10-18)15-21-16-19(14-20)11-5-3-4-6-12-19/h17,21H,3-16,20H2,1-2H3. The monoisotopic (exact) mass is 294 g/mol. The first-order chi connectivity index (χ1) is 10.1. The zero-order chi connectivity index (χ0) is 15.2. The van der Waals surface area contributed by atoms with Crippen molar-refractivity contribution in [1.29, 1.82) is 0 Å². The van der Waals surface area contributed by atoms with Gasteiger partial charge < -0.3 is 11.1 Å². The maximum Gasteiger partial charge on any atom is 0.00201 e. The topological polar surface area (TPSA) is 38.0 Å². The molecule has 2 rings (SSSR count). The molecular weight excluding hydrogens is 256 g/mol. The lowest BCUT2D eigenvalue weighted by Gasteiger charge is -2.36. The minimum Gasteiger partial charge on any atom is -0.330 e. The predicted octanol–water partition coefficient (Wildman–Crippen LogP) is 4.48. The lowest BCUT2D eigenvalue weighted by Crippen LogP contribution is -2.43. The second-order valence-corrected chi connectivity index (χ2v) is 8.53. The Morgan fingerprint density at radius 3 is 1.81 bits per heavy atom. The highest BCUT2D eigenvalue weighted by Gasteiger charge is 2.35. The fraction of sp³-hybridized carbons (Fsp3) is 1.00. The number of rotatable bonds is 7. The van der Waals surface area contributed by atoms with E-state index < -0.39 is 0 Å². The normalized spacial score (nSPS) is 25.1. The van der Waals surface area contributed by atoms with E-state index >= 15 is 0 Å². The summed E-state index contributed by atoms with van der Waals surface area (Å²) in [6.07, 6.45) is 15.4. The summed E-state index contributed by atoms with van der Waals surface area (Å²) in [5.74, 6) is 0.825. The maximum absolute atomic E-state index is 6.18. The van der Waals surface area contributed by atoms with E-state index in [1.54, 1.807) is 0 Å². The Morgan fingerprint density at radius 1 is 0.810 bits per heavy atom. The Bertz CT molecular complexity index is 282. The average molecular weight is 295 g/mol. The first kappa shape index (κ1) is 17.3. The van der Waals surface area contributed by atoms with Crippen LogP contribution in [0.1, 0.15) is 84.5 Å². The lowest BCUT2D eigenvalue weighted by atomic mass is 9.77. The highest BCUT2D eigenvalue weighted by atomic mass is 14.9. The molecule has 0 bridgehead atoms. The van der Waals surface area contributed by atoms with Crippen molar-refractivity contribution < 1.29 is 0 Å². The highest BCUT2D eigenvalue weighted by Crippen LogP contribution is 2.43. The summed E-state index contributed by atoms with van der Waals surface area (Å²) in [4.78, 5) is 0. The van der Waals surface area contributed by atoms with E-state index in [-0.39, 0.29) is 0 Å². The molecule has 2 aliphatic carbocycles. The summed E-state index contributed by atoms with van der Waals surface area (Å²) in [7, 11) is 0. The Kier molecular flexibility index (Phi) is 6.55. The zero-order valence-electron chi connectivity index (χ0n) is 14.6. The largest absolute Gasteiger partial charge is 0.330 e. The van der Waals surface area contributed by atoms with Crippen LogP contribution in [0.2, 0.25) is 0 Å². The van der Waals surface area contributed by atoms with Crippen molar-refractivity contribution in [2.24, 2.45) is 22.5 Å². The van der Waals surface area contributed by atoms with Crippen LogP contribution in [-0.2, 0) is 0 Å². The van der Waals surface area contributed by atoms with Crippen molar-refractivity contribution in [3.05, 3.63) is 0 Å². The smallest absolute Gasteiger partial charge is 0.00201 e. The summed E-state index contributed by atoms with van der Waals surface area (Å²) in [6.45, 7) is 8.02. The molecule has 0 spiro atoms. The van der Waals surface area contributed by atoms with Gasteiger partial charge in [-0.2, -0.15) is 0 Å². The third kappa shape index (κ3) is 4.96. The van der Waals surface area contributed by atoms with Gasteiger partial charge in [-0.05, 0) is 55.4 Å². The van der Waals surface area contributed by atoms with Crippen LogP contribution in [-0.4, -0.2) is 19.6 Å². The van der Waals surface area contributed by atoms with Gasteiger partial charge in [0.15, 0.2) is 0 Å². The van der Waals surface area contributed by atoms with Gasteiger partial charge in [0, 0.05) is 13.1 Å².